The molecule has 0 fully saturated rings. The fourth-order valence-electron chi connectivity index (χ4n) is 2.44. The normalized spacial score (nSPS) is 12.0. The van der Waals surface area contributed by atoms with Crippen molar-refractivity contribution >= 4 is 11.8 Å². The Kier molecular flexibility index (Phi) is 8.86. The van der Waals surface area contributed by atoms with E-state index in [9.17, 15) is 9.59 Å². The van der Waals surface area contributed by atoms with Crippen LogP contribution in [0.15, 0.2) is 24.3 Å². The Labute approximate surface area is 144 Å². The number of carbonyl (C=O) groups excluding carboxylic acids is 2. The van der Waals surface area contributed by atoms with E-state index in [0.717, 1.165) is 32.5 Å². The van der Waals surface area contributed by atoms with Crippen LogP contribution in [0.4, 0.5) is 0 Å². The van der Waals surface area contributed by atoms with Gasteiger partial charge >= 0.3 is 0 Å². The average molecular weight is 335 g/mol. The number of ether oxygens (including phenoxy) is 1. The molecule has 0 aromatic heterocycles. The van der Waals surface area contributed by atoms with Gasteiger partial charge in [0.2, 0.25) is 5.91 Å². The lowest BCUT2D eigenvalue weighted by Gasteiger charge is -2.19. The van der Waals surface area contributed by atoms with Crippen LogP contribution < -0.4 is 15.8 Å². The van der Waals surface area contributed by atoms with Gasteiger partial charge in [0, 0.05) is 11.6 Å². The largest absolute Gasteiger partial charge is 0.484 e. The Balaban J connectivity index is 2.30. The molecule has 0 spiro atoms. The maximum absolute atomic E-state index is 11.9. The van der Waals surface area contributed by atoms with Crippen LogP contribution in [0, 0.1) is 0 Å². The fraction of sp³-hybridized carbons (Fsp3) is 0.556. The van der Waals surface area contributed by atoms with Crippen molar-refractivity contribution in [2.24, 2.45) is 5.73 Å². The Morgan fingerprint density at radius 3 is 2.62 bits per heavy atom. The number of carbonyl (C=O) groups is 2. The van der Waals surface area contributed by atoms with Crippen LogP contribution >= 0.6 is 0 Å². The molecule has 0 radical (unpaired) electrons. The molecule has 0 saturated carbocycles. The molecule has 1 rings (SSSR count). The minimum absolute atomic E-state index is 0.0808. The third kappa shape index (κ3) is 7.46. The number of primary amides is 1. The molecule has 0 aliphatic carbocycles. The van der Waals surface area contributed by atoms with E-state index in [-0.39, 0.29) is 18.6 Å². The van der Waals surface area contributed by atoms with Crippen molar-refractivity contribution in [3.8, 4) is 5.75 Å². The van der Waals surface area contributed by atoms with Crippen LogP contribution in [0.3, 0.4) is 0 Å². The summed E-state index contributed by atoms with van der Waals surface area (Å²) < 4.78 is 5.41. The zero-order valence-electron chi connectivity index (χ0n) is 14.9. The van der Waals surface area contributed by atoms with E-state index >= 15 is 0 Å². The van der Waals surface area contributed by atoms with E-state index < -0.39 is 5.91 Å². The van der Waals surface area contributed by atoms with Crippen molar-refractivity contribution in [1.29, 1.82) is 0 Å². The van der Waals surface area contributed by atoms with Crippen LogP contribution in [-0.4, -0.2) is 49.0 Å². The molecule has 0 bridgehead atoms. The Morgan fingerprint density at radius 1 is 1.29 bits per heavy atom. The number of nitrogens with one attached hydrogen (secondary N) is 1. The highest BCUT2D eigenvalue weighted by atomic mass is 16.5. The third-order valence-electron chi connectivity index (χ3n) is 3.90. The van der Waals surface area contributed by atoms with E-state index in [1.165, 1.54) is 6.07 Å². The maximum atomic E-state index is 11.9. The van der Waals surface area contributed by atoms with Gasteiger partial charge in [-0.05, 0) is 57.6 Å². The highest BCUT2D eigenvalue weighted by Crippen LogP contribution is 2.12. The van der Waals surface area contributed by atoms with E-state index in [0.29, 0.717) is 11.3 Å². The van der Waals surface area contributed by atoms with E-state index in [1.807, 2.05) is 6.92 Å². The molecule has 6 heteroatoms. The summed E-state index contributed by atoms with van der Waals surface area (Å²) in [5.74, 6) is -0.239. The summed E-state index contributed by atoms with van der Waals surface area (Å²) in [5, 5.41) is 2.92. The fourth-order valence-corrected chi connectivity index (χ4v) is 2.44. The predicted molar refractivity (Wildman–Crippen MR) is 95.1 cm³/mol. The Bertz CT molecular complexity index is 530. The minimum atomic E-state index is -0.522. The number of hydrogen-bond acceptors (Lipinski definition) is 4. The van der Waals surface area contributed by atoms with Gasteiger partial charge in [-0.25, -0.2) is 0 Å². The third-order valence-corrected chi connectivity index (χ3v) is 3.90. The van der Waals surface area contributed by atoms with Crippen molar-refractivity contribution in [2.75, 3.05) is 26.2 Å². The molecular weight excluding hydrogens is 306 g/mol. The van der Waals surface area contributed by atoms with Crippen molar-refractivity contribution in [3.63, 3.8) is 0 Å². The van der Waals surface area contributed by atoms with Crippen molar-refractivity contribution in [1.82, 2.24) is 10.2 Å². The van der Waals surface area contributed by atoms with Gasteiger partial charge in [0.25, 0.3) is 5.91 Å². The van der Waals surface area contributed by atoms with E-state index in [1.54, 1.807) is 18.2 Å². The van der Waals surface area contributed by atoms with Gasteiger partial charge in [-0.1, -0.05) is 19.9 Å². The first-order chi connectivity index (χ1) is 11.5. The molecule has 0 heterocycles. The second-order valence-electron chi connectivity index (χ2n) is 5.82. The number of nitrogens with two attached hydrogens (primary N) is 1. The summed E-state index contributed by atoms with van der Waals surface area (Å²) in [4.78, 5) is 25.4. The summed E-state index contributed by atoms with van der Waals surface area (Å²) in [6, 6.07) is 6.60. The number of nitrogens with zero attached hydrogens (tertiary/aromatic N) is 1. The maximum Gasteiger partial charge on any atom is 0.258 e. The smallest absolute Gasteiger partial charge is 0.258 e. The number of benzene rings is 1. The first kappa shape index (κ1) is 20.0. The highest BCUT2D eigenvalue weighted by molar-refractivity contribution is 5.93. The molecule has 1 aromatic carbocycles. The Hall–Kier alpha value is -2.08. The second kappa shape index (κ2) is 10.6. The lowest BCUT2D eigenvalue weighted by Crippen LogP contribution is -2.36. The number of hydrogen-bond donors (Lipinski definition) is 2. The lowest BCUT2D eigenvalue weighted by atomic mass is 10.1. The molecule has 6 nitrogen and oxygen atoms in total. The summed E-state index contributed by atoms with van der Waals surface area (Å²) in [5.41, 5.74) is 5.57. The molecule has 2 amide bonds. The topological polar surface area (TPSA) is 84.7 Å². The summed E-state index contributed by atoms with van der Waals surface area (Å²) >= 11 is 0. The number of rotatable bonds is 11. The zero-order chi connectivity index (χ0) is 17.9. The standard InChI is InChI=1S/C18H29N3O3/c1-4-21(5-2)11-7-8-14(3)20-17(22)13-24-16-10-6-9-15(12-16)18(19)23/h6,9-10,12,14H,4-5,7-8,11,13H2,1-3H3,(H2,19,23)(H,20,22)/t14-/m0/s1. The molecule has 0 aliphatic rings. The van der Waals surface area contributed by atoms with Crippen molar-refractivity contribution < 1.29 is 14.3 Å². The van der Waals surface area contributed by atoms with Gasteiger partial charge in [0.05, 0.1) is 0 Å². The molecule has 3 N–H and O–H groups in total. The quantitative estimate of drug-likeness (QED) is 0.646. The van der Waals surface area contributed by atoms with Crippen LogP contribution in [-0.2, 0) is 4.79 Å². The zero-order valence-corrected chi connectivity index (χ0v) is 14.9. The Morgan fingerprint density at radius 2 is 2.00 bits per heavy atom. The predicted octanol–water partition coefficient (Wildman–Crippen LogP) is 1.79. The van der Waals surface area contributed by atoms with Crippen LogP contribution in [0.1, 0.15) is 44.0 Å². The van der Waals surface area contributed by atoms with Crippen molar-refractivity contribution in [2.45, 2.75) is 39.7 Å². The summed E-state index contributed by atoms with van der Waals surface area (Å²) in [6.45, 7) is 9.36. The first-order valence-electron chi connectivity index (χ1n) is 8.50. The van der Waals surface area contributed by atoms with Crippen LogP contribution in [0.25, 0.3) is 0 Å². The molecule has 0 saturated heterocycles. The second-order valence-corrected chi connectivity index (χ2v) is 5.82. The first-order valence-corrected chi connectivity index (χ1v) is 8.50. The minimum Gasteiger partial charge on any atom is -0.484 e. The van der Waals surface area contributed by atoms with Gasteiger partial charge in [-0.3, -0.25) is 9.59 Å². The SMILES string of the molecule is CCN(CC)CCC[C@H](C)NC(=O)COc1cccc(C(N)=O)c1. The van der Waals surface area contributed by atoms with Crippen LogP contribution in [0.2, 0.25) is 0 Å². The van der Waals surface area contributed by atoms with Gasteiger partial charge in [0.1, 0.15) is 5.75 Å². The summed E-state index contributed by atoms with van der Waals surface area (Å²) in [6.07, 6.45) is 1.98. The number of amides is 2. The van der Waals surface area contributed by atoms with E-state index in [2.05, 4.69) is 24.1 Å². The molecule has 1 aromatic rings. The van der Waals surface area contributed by atoms with Gasteiger partial charge < -0.3 is 20.7 Å². The van der Waals surface area contributed by atoms with Crippen LogP contribution in [0.5, 0.6) is 5.75 Å². The van der Waals surface area contributed by atoms with E-state index in [4.69, 9.17) is 10.5 Å². The molecule has 24 heavy (non-hydrogen) atoms. The monoisotopic (exact) mass is 335 g/mol. The molecule has 1 atom stereocenters. The lowest BCUT2D eigenvalue weighted by molar-refractivity contribution is -0.123. The molecule has 0 aliphatic heterocycles. The molecular formula is C18H29N3O3. The average Bonchev–Trinajstić information content (AvgIpc) is 2.57. The molecule has 134 valence electrons. The van der Waals surface area contributed by atoms with Gasteiger partial charge in [-0.15, -0.1) is 0 Å². The highest BCUT2D eigenvalue weighted by Gasteiger charge is 2.09. The molecule has 0 unspecified atom stereocenters. The van der Waals surface area contributed by atoms with Gasteiger partial charge in [0.15, 0.2) is 6.61 Å². The van der Waals surface area contributed by atoms with Crippen molar-refractivity contribution in [3.05, 3.63) is 29.8 Å². The van der Waals surface area contributed by atoms with Gasteiger partial charge in [-0.2, -0.15) is 0 Å². The summed E-state index contributed by atoms with van der Waals surface area (Å²) in [7, 11) is 0.